The largest absolute Gasteiger partial charge is 0.307 e. The zero-order chi connectivity index (χ0) is 14.2. The first kappa shape index (κ1) is 13.6. The molecule has 0 aromatic heterocycles. The molecule has 1 aliphatic rings. The van der Waals surface area contributed by atoms with Crippen molar-refractivity contribution in [3.63, 3.8) is 0 Å². The normalized spacial score (nSPS) is 26.2. The van der Waals surface area contributed by atoms with Crippen LogP contribution in [0.3, 0.4) is 0 Å². The van der Waals surface area contributed by atoms with Crippen molar-refractivity contribution in [3.05, 3.63) is 48.0 Å². The molecule has 0 saturated carbocycles. The Balaban J connectivity index is 2.09. The molecule has 106 valence electrons. The van der Waals surface area contributed by atoms with Crippen LogP contribution in [0.25, 0.3) is 10.8 Å². The van der Waals surface area contributed by atoms with Crippen LogP contribution in [0, 0.1) is 0 Å². The van der Waals surface area contributed by atoms with Crippen LogP contribution in [0.5, 0.6) is 0 Å². The van der Waals surface area contributed by atoms with Gasteiger partial charge in [-0.15, -0.1) is 0 Å². The van der Waals surface area contributed by atoms with Crippen molar-refractivity contribution in [2.45, 2.75) is 25.4 Å². The van der Waals surface area contributed by atoms with Crippen molar-refractivity contribution in [2.24, 2.45) is 0 Å². The Hall–Kier alpha value is -1.39. The van der Waals surface area contributed by atoms with Gasteiger partial charge in [-0.25, -0.2) is 8.42 Å². The molecule has 0 spiro atoms. The zero-order valence-corrected chi connectivity index (χ0v) is 12.4. The Kier molecular flexibility index (Phi) is 3.52. The second kappa shape index (κ2) is 5.19. The Morgan fingerprint density at radius 1 is 1.10 bits per heavy atom. The molecular weight excluding hydrogens is 270 g/mol. The molecule has 1 saturated heterocycles. The van der Waals surface area contributed by atoms with E-state index < -0.39 is 9.84 Å². The fourth-order valence-electron chi connectivity index (χ4n) is 2.90. The standard InChI is InChI=1S/C16H19NO2S/c1-12-9-10-20(18,19)11-16(17-12)15-8-4-6-13-5-2-3-7-14(13)15/h2-8,12,16-17H,9-11H2,1H3. The van der Waals surface area contributed by atoms with Crippen molar-refractivity contribution >= 4 is 20.6 Å². The van der Waals surface area contributed by atoms with Crippen molar-refractivity contribution in [1.29, 1.82) is 0 Å². The van der Waals surface area contributed by atoms with Gasteiger partial charge >= 0.3 is 0 Å². The second-order valence-corrected chi connectivity index (χ2v) is 7.82. The highest BCUT2D eigenvalue weighted by Crippen LogP contribution is 2.27. The molecule has 0 radical (unpaired) electrons. The van der Waals surface area contributed by atoms with E-state index in [4.69, 9.17) is 0 Å². The number of sulfone groups is 1. The van der Waals surface area contributed by atoms with Gasteiger partial charge in [0.25, 0.3) is 0 Å². The summed E-state index contributed by atoms with van der Waals surface area (Å²) in [4.78, 5) is 0. The molecule has 2 atom stereocenters. The minimum atomic E-state index is -2.98. The number of fused-ring (bicyclic) bond motifs is 1. The van der Waals surface area contributed by atoms with E-state index in [1.807, 2.05) is 24.3 Å². The first-order valence-electron chi connectivity index (χ1n) is 6.99. The van der Waals surface area contributed by atoms with E-state index in [-0.39, 0.29) is 23.6 Å². The number of benzene rings is 2. The van der Waals surface area contributed by atoms with Gasteiger partial charge in [0.1, 0.15) is 0 Å². The van der Waals surface area contributed by atoms with Crippen LogP contribution < -0.4 is 5.32 Å². The van der Waals surface area contributed by atoms with Gasteiger partial charge in [-0.2, -0.15) is 0 Å². The van der Waals surface area contributed by atoms with Gasteiger partial charge in [0, 0.05) is 12.1 Å². The number of hydrogen-bond donors (Lipinski definition) is 1. The third-order valence-corrected chi connectivity index (χ3v) is 5.67. The molecule has 1 fully saturated rings. The average Bonchev–Trinajstić information content (AvgIpc) is 2.57. The van der Waals surface area contributed by atoms with Gasteiger partial charge < -0.3 is 5.32 Å². The first-order valence-corrected chi connectivity index (χ1v) is 8.81. The van der Waals surface area contributed by atoms with Crippen LogP contribution in [0.15, 0.2) is 42.5 Å². The van der Waals surface area contributed by atoms with Gasteiger partial charge in [0.2, 0.25) is 0 Å². The Morgan fingerprint density at radius 3 is 2.70 bits per heavy atom. The van der Waals surface area contributed by atoms with Crippen molar-refractivity contribution in [2.75, 3.05) is 11.5 Å². The van der Waals surface area contributed by atoms with Gasteiger partial charge in [-0.05, 0) is 29.7 Å². The highest BCUT2D eigenvalue weighted by Gasteiger charge is 2.27. The Morgan fingerprint density at radius 2 is 1.85 bits per heavy atom. The fourth-order valence-corrected chi connectivity index (χ4v) is 4.57. The fraction of sp³-hybridized carbons (Fsp3) is 0.375. The van der Waals surface area contributed by atoms with Crippen molar-refractivity contribution < 1.29 is 8.42 Å². The maximum Gasteiger partial charge on any atom is 0.152 e. The van der Waals surface area contributed by atoms with E-state index in [2.05, 4.69) is 30.4 Å². The molecular formula is C16H19NO2S. The molecule has 20 heavy (non-hydrogen) atoms. The molecule has 0 bridgehead atoms. The lowest BCUT2D eigenvalue weighted by Gasteiger charge is -2.21. The topological polar surface area (TPSA) is 46.2 Å². The third-order valence-electron chi connectivity index (χ3n) is 3.97. The third kappa shape index (κ3) is 2.72. The van der Waals surface area contributed by atoms with Crippen LogP contribution in [0.4, 0.5) is 0 Å². The SMILES string of the molecule is CC1CCS(=O)(=O)CC(c2cccc3ccccc23)N1. The number of nitrogens with one attached hydrogen (secondary N) is 1. The predicted molar refractivity (Wildman–Crippen MR) is 82.6 cm³/mol. The van der Waals surface area contributed by atoms with Crippen LogP contribution in [-0.2, 0) is 9.84 Å². The molecule has 4 heteroatoms. The summed E-state index contributed by atoms with van der Waals surface area (Å²) in [5, 5.41) is 5.75. The van der Waals surface area contributed by atoms with E-state index in [1.165, 1.54) is 0 Å². The Labute approximate surface area is 119 Å². The summed E-state index contributed by atoms with van der Waals surface area (Å²) >= 11 is 0. The minimum Gasteiger partial charge on any atom is -0.307 e. The molecule has 3 rings (SSSR count). The van der Waals surface area contributed by atoms with E-state index in [9.17, 15) is 8.42 Å². The van der Waals surface area contributed by atoms with E-state index in [1.54, 1.807) is 0 Å². The molecule has 0 aliphatic carbocycles. The zero-order valence-electron chi connectivity index (χ0n) is 11.5. The first-order chi connectivity index (χ1) is 9.55. The molecule has 1 N–H and O–H groups in total. The summed E-state index contributed by atoms with van der Waals surface area (Å²) in [6.45, 7) is 2.05. The summed E-state index contributed by atoms with van der Waals surface area (Å²) in [7, 11) is -2.98. The van der Waals surface area contributed by atoms with Crippen LogP contribution in [0.1, 0.15) is 24.9 Å². The van der Waals surface area contributed by atoms with E-state index in [0.29, 0.717) is 6.42 Å². The maximum absolute atomic E-state index is 12.1. The number of rotatable bonds is 1. The summed E-state index contributed by atoms with van der Waals surface area (Å²) < 4.78 is 24.2. The number of hydrogen-bond acceptors (Lipinski definition) is 3. The van der Waals surface area contributed by atoms with Crippen molar-refractivity contribution in [1.82, 2.24) is 5.32 Å². The quantitative estimate of drug-likeness (QED) is 0.878. The van der Waals surface area contributed by atoms with E-state index in [0.717, 1.165) is 16.3 Å². The van der Waals surface area contributed by atoms with E-state index >= 15 is 0 Å². The molecule has 2 aromatic carbocycles. The summed E-state index contributed by atoms with van der Waals surface area (Å²) in [6, 6.07) is 14.3. The Bertz CT molecular complexity index is 719. The van der Waals surface area contributed by atoms with Crippen LogP contribution in [-0.4, -0.2) is 26.0 Å². The van der Waals surface area contributed by atoms with Gasteiger partial charge in [-0.3, -0.25) is 0 Å². The lowest BCUT2D eigenvalue weighted by atomic mass is 9.99. The summed E-state index contributed by atoms with van der Waals surface area (Å²) in [6.07, 6.45) is 0.684. The molecule has 0 amide bonds. The van der Waals surface area contributed by atoms with Crippen LogP contribution in [0.2, 0.25) is 0 Å². The molecule has 1 aliphatic heterocycles. The summed E-state index contributed by atoms with van der Waals surface area (Å²) in [5.41, 5.74) is 1.08. The van der Waals surface area contributed by atoms with Crippen molar-refractivity contribution in [3.8, 4) is 0 Å². The summed E-state index contributed by atoms with van der Waals surface area (Å²) in [5.74, 6) is 0.466. The maximum atomic E-state index is 12.1. The highest BCUT2D eigenvalue weighted by molar-refractivity contribution is 7.91. The second-order valence-electron chi connectivity index (χ2n) is 5.59. The highest BCUT2D eigenvalue weighted by atomic mass is 32.2. The molecule has 1 heterocycles. The van der Waals surface area contributed by atoms with Crippen LogP contribution >= 0.6 is 0 Å². The monoisotopic (exact) mass is 289 g/mol. The smallest absolute Gasteiger partial charge is 0.152 e. The van der Waals surface area contributed by atoms with Gasteiger partial charge in [0.15, 0.2) is 9.84 Å². The minimum absolute atomic E-state index is 0.122. The lowest BCUT2D eigenvalue weighted by Crippen LogP contribution is -2.31. The molecule has 3 nitrogen and oxygen atoms in total. The van der Waals surface area contributed by atoms with Gasteiger partial charge in [0.05, 0.1) is 11.5 Å². The lowest BCUT2D eigenvalue weighted by molar-refractivity contribution is 0.486. The van der Waals surface area contributed by atoms with Gasteiger partial charge in [-0.1, -0.05) is 42.5 Å². The average molecular weight is 289 g/mol. The molecule has 2 aromatic rings. The predicted octanol–water partition coefficient (Wildman–Crippen LogP) is 2.68. The molecule has 2 unspecified atom stereocenters.